The smallest absolute Gasteiger partial charge is 0.164 e. The number of hydrogen-bond donors (Lipinski definition) is 0. The van der Waals surface area contributed by atoms with E-state index < -0.39 is 0 Å². The maximum absolute atomic E-state index is 6.04. The molecule has 0 unspecified atom stereocenters. The van der Waals surface area contributed by atoms with E-state index in [1.807, 2.05) is 42.0 Å². The van der Waals surface area contributed by atoms with Gasteiger partial charge in [0.15, 0.2) is 5.65 Å². The second kappa shape index (κ2) is 5.35. The number of aryl methyl sites for hydroxylation is 1. The Morgan fingerprint density at radius 2 is 2.10 bits per heavy atom. The van der Waals surface area contributed by atoms with E-state index in [-0.39, 0.29) is 0 Å². The molecule has 20 heavy (non-hydrogen) atoms. The highest BCUT2D eigenvalue weighted by Gasteiger charge is 2.13. The fraction of sp³-hybridized carbons (Fsp3) is 0.143. The Hall–Kier alpha value is -1.10. The standard InChI is InChI=1S/C14H10BrCl2N3/c1-8-4-12-14(18-7-8)20(13(6-16)19-12)9-2-3-11(17)10(15)5-9/h2-5,7H,6H2,1H3. The summed E-state index contributed by atoms with van der Waals surface area (Å²) >= 11 is 15.5. The molecule has 0 bridgehead atoms. The van der Waals surface area contributed by atoms with Crippen molar-refractivity contribution in [1.29, 1.82) is 0 Å². The molecule has 0 radical (unpaired) electrons. The molecule has 2 aromatic heterocycles. The number of nitrogens with zero attached hydrogens (tertiary/aromatic N) is 3. The second-order valence-electron chi connectivity index (χ2n) is 4.45. The van der Waals surface area contributed by atoms with Gasteiger partial charge in [0, 0.05) is 10.7 Å². The maximum Gasteiger partial charge on any atom is 0.164 e. The van der Waals surface area contributed by atoms with Crippen molar-refractivity contribution in [2.45, 2.75) is 12.8 Å². The van der Waals surface area contributed by atoms with Gasteiger partial charge < -0.3 is 0 Å². The van der Waals surface area contributed by atoms with Crippen molar-refractivity contribution in [2.24, 2.45) is 0 Å². The van der Waals surface area contributed by atoms with Crippen LogP contribution < -0.4 is 0 Å². The van der Waals surface area contributed by atoms with Gasteiger partial charge in [-0.1, -0.05) is 11.6 Å². The molecule has 3 aromatic rings. The Morgan fingerprint density at radius 1 is 1.30 bits per heavy atom. The van der Waals surface area contributed by atoms with Crippen LogP contribution in [0, 0.1) is 6.92 Å². The molecular formula is C14H10BrCl2N3. The first-order chi connectivity index (χ1) is 9.60. The molecule has 0 aliphatic rings. The van der Waals surface area contributed by atoms with Crippen LogP contribution in [0.3, 0.4) is 0 Å². The van der Waals surface area contributed by atoms with Crippen molar-refractivity contribution in [2.75, 3.05) is 0 Å². The summed E-state index contributed by atoms with van der Waals surface area (Å²) < 4.78 is 2.77. The third-order valence-corrected chi connectivity index (χ3v) is 4.44. The number of aromatic nitrogens is 3. The molecule has 0 saturated heterocycles. The van der Waals surface area contributed by atoms with Gasteiger partial charge >= 0.3 is 0 Å². The number of halogens is 3. The van der Waals surface area contributed by atoms with Crippen molar-refractivity contribution in [3.8, 4) is 5.69 Å². The maximum atomic E-state index is 6.04. The molecule has 0 N–H and O–H groups in total. The second-order valence-corrected chi connectivity index (χ2v) is 5.98. The summed E-state index contributed by atoms with van der Waals surface area (Å²) in [6, 6.07) is 7.69. The van der Waals surface area contributed by atoms with Crippen LogP contribution in [0.1, 0.15) is 11.4 Å². The molecule has 0 atom stereocenters. The minimum Gasteiger partial charge on any atom is -0.280 e. The quantitative estimate of drug-likeness (QED) is 0.601. The Morgan fingerprint density at radius 3 is 2.80 bits per heavy atom. The van der Waals surface area contributed by atoms with Gasteiger partial charge in [-0.05, 0) is 52.7 Å². The predicted octanol–water partition coefficient (Wildman–Crippen LogP) is 4.88. The van der Waals surface area contributed by atoms with Gasteiger partial charge in [-0.25, -0.2) is 9.97 Å². The van der Waals surface area contributed by atoms with Crippen LogP contribution in [-0.4, -0.2) is 14.5 Å². The lowest BCUT2D eigenvalue weighted by molar-refractivity contribution is 0.968. The molecule has 2 heterocycles. The van der Waals surface area contributed by atoms with E-state index in [2.05, 4.69) is 25.9 Å². The van der Waals surface area contributed by atoms with Gasteiger partial charge in [0.05, 0.1) is 16.6 Å². The molecule has 6 heteroatoms. The molecule has 0 aliphatic carbocycles. The summed E-state index contributed by atoms with van der Waals surface area (Å²) in [4.78, 5) is 9.01. The third-order valence-electron chi connectivity index (χ3n) is 2.98. The molecule has 0 spiro atoms. The van der Waals surface area contributed by atoms with E-state index >= 15 is 0 Å². The molecule has 0 amide bonds. The fourth-order valence-electron chi connectivity index (χ4n) is 2.10. The van der Waals surface area contributed by atoms with Crippen molar-refractivity contribution in [3.05, 3.63) is 51.3 Å². The van der Waals surface area contributed by atoms with Crippen molar-refractivity contribution in [3.63, 3.8) is 0 Å². The topological polar surface area (TPSA) is 30.7 Å². The van der Waals surface area contributed by atoms with Crippen LogP contribution in [0.4, 0.5) is 0 Å². The first kappa shape index (κ1) is 13.9. The number of benzene rings is 1. The average Bonchev–Trinajstić information content (AvgIpc) is 2.79. The summed E-state index contributed by atoms with van der Waals surface area (Å²) in [6.45, 7) is 1.99. The van der Waals surface area contributed by atoms with Gasteiger partial charge in [0.25, 0.3) is 0 Å². The molecule has 1 aromatic carbocycles. The highest BCUT2D eigenvalue weighted by Crippen LogP contribution is 2.28. The van der Waals surface area contributed by atoms with Crippen LogP contribution in [0.15, 0.2) is 34.9 Å². The summed E-state index contributed by atoms with van der Waals surface area (Å²) in [7, 11) is 0. The number of pyridine rings is 1. The number of hydrogen-bond acceptors (Lipinski definition) is 2. The summed E-state index contributed by atoms with van der Waals surface area (Å²) in [5, 5.41) is 0.661. The molecule has 3 rings (SSSR count). The van der Waals surface area contributed by atoms with Gasteiger partial charge in [-0.15, -0.1) is 11.6 Å². The van der Waals surface area contributed by atoms with Crippen LogP contribution >= 0.6 is 39.1 Å². The first-order valence-electron chi connectivity index (χ1n) is 5.95. The zero-order valence-corrected chi connectivity index (χ0v) is 13.7. The molecular weight excluding hydrogens is 361 g/mol. The van der Waals surface area contributed by atoms with Gasteiger partial charge in [0.2, 0.25) is 0 Å². The van der Waals surface area contributed by atoms with E-state index in [0.29, 0.717) is 10.9 Å². The van der Waals surface area contributed by atoms with Crippen molar-refractivity contribution < 1.29 is 0 Å². The van der Waals surface area contributed by atoms with Gasteiger partial charge in [-0.2, -0.15) is 0 Å². The van der Waals surface area contributed by atoms with E-state index in [0.717, 1.165) is 32.7 Å². The summed E-state index contributed by atoms with van der Waals surface area (Å²) in [6.07, 6.45) is 1.82. The number of rotatable bonds is 2. The van der Waals surface area contributed by atoms with E-state index in [1.165, 1.54) is 0 Å². The van der Waals surface area contributed by atoms with Crippen molar-refractivity contribution >= 4 is 50.3 Å². The predicted molar refractivity (Wildman–Crippen MR) is 85.9 cm³/mol. The zero-order valence-electron chi connectivity index (χ0n) is 10.6. The van der Waals surface area contributed by atoms with E-state index in [4.69, 9.17) is 23.2 Å². The zero-order chi connectivity index (χ0) is 14.3. The molecule has 0 saturated carbocycles. The highest BCUT2D eigenvalue weighted by atomic mass is 79.9. The van der Waals surface area contributed by atoms with Crippen LogP contribution in [0.5, 0.6) is 0 Å². The lowest BCUT2D eigenvalue weighted by Gasteiger charge is -2.08. The highest BCUT2D eigenvalue weighted by molar-refractivity contribution is 9.10. The van der Waals surface area contributed by atoms with Gasteiger partial charge in [-0.3, -0.25) is 4.57 Å². The molecule has 3 nitrogen and oxygen atoms in total. The van der Waals surface area contributed by atoms with Crippen molar-refractivity contribution in [1.82, 2.24) is 14.5 Å². The van der Waals surface area contributed by atoms with E-state index in [9.17, 15) is 0 Å². The summed E-state index contributed by atoms with van der Waals surface area (Å²) in [5.41, 5.74) is 3.63. The fourth-order valence-corrected chi connectivity index (χ4v) is 2.76. The molecule has 0 aliphatic heterocycles. The Balaban J connectivity index is 2.30. The van der Waals surface area contributed by atoms with Crippen LogP contribution in [0.2, 0.25) is 5.02 Å². The Labute approximate surface area is 134 Å². The largest absolute Gasteiger partial charge is 0.280 e. The summed E-state index contributed by atoms with van der Waals surface area (Å²) in [5.74, 6) is 1.07. The van der Waals surface area contributed by atoms with Crippen LogP contribution in [0.25, 0.3) is 16.9 Å². The monoisotopic (exact) mass is 369 g/mol. The molecule has 0 fully saturated rings. The Kier molecular flexibility index (Phi) is 3.71. The van der Waals surface area contributed by atoms with Gasteiger partial charge in [0.1, 0.15) is 11.3 Å². The minimum absolute atomic E-state index is 0.315. The first-order valence-corrected chi connectivity index (χ1v) is 7.66. The average molecular weight is 371 g/mol. The minimum atomic E-state index is 0.315. The molecule has 102 valence electrons. The van der Waals surface area contributed by atoms with Crippen LogP contribution in [-0.2, 0) is 5.88 Å². The number of fused-ring (bicyclic) bond motifs is 1. The lowest BCUT2D eigenvalue weighted by atomic mass is 10.3. The number of alkyl halides is 1. The normalized spacial score (nSPS) is 11.2. The van der Waals surface area contributed by atoms with E-state index in [1.54, 1.807) is 0 Å². The third kappa shape index (κ3) is 2.32. The Bertz CT molecular complexity index is 798. The SMILES string of the molecule is Cc1cnc2c(c1)nc(CCl)n2-c1ccc(Cl)c(Br)c1. The lowest BCUT2D eigenvalue weighted by Crippen LogP contribution is -2.00. The number of imidazole rings is 1.